The topological polar surface area (TPSA) is 63.4 Å². The minimum atomic E-state index is -1.11. The van der Waals surface area contributed by atoms with Gasteiger partial charge in [0.15, 0.2) is 0 Å². The summed E-state index contributed by atoms with van der Waals surface area (Å²) >= 11 is 0. The molecule has 5 heteroatoms. The fraction of sp³-hybridized carbons (Fsp3) is 0.889. The molecule has 2 N–H and O–H groups in total. The molecule has 1 fully saturated rings. The van der Waals surface area contributed by atoms with Crippen LogP contribution in [0.5, 0.6) is 0 Å². The third-order valence-corrected chi connectivity index (χ3v) is 3.69. The average molecular weight is 218 g/mol. The van der Waals surface area contributed by atoms with Crippen LogP contribution in [0.2, 0.25) is 0 Å². The molecule has 82 valence electrons. The molecule has 0 spiro atoms. The zero-order chi connectivity index (χ0) is 10.7. The predicted octanol–water partition coefficient (Wildman–Crippen LogP) is -0.297. The Balaban J connectivity index is 2.28. The summed E-state index contributed by atoms with van der Waals surface area (Å²) < 4.78 is 11.4. The first kappa shape index (κ1) is 11.7. The molecule has 14 heavy (non-hydrogen) atoms. The van der Waals surface area contributed by atoms with Crippen molar-refractivity contribution in [1.29, 1.82) is 0 Å². The Labute approximate surface area is 87.3 Å². The van der Waals surface area contributed by atoms with Gasteiger partial charge in [-0.15, -0.1) is 0 Å². The number of amides is 1. The van der Waals surface area contributed by atoms with Gasteiger partial charge in [-0.2, -0.15) is 0 Å². The molecule has 1 saturated carbocycles. The van der Waals surface area contributed by atoms with Gasteiger partial charge in [0.25, 0.3) is 0 Å². The molecule has 1 rings (SSSR count). The van der Waals surface area contributed by atoms with Crippen molar-refractivity contribution < 1.29 is 9.00 Å². The zero-order valence-electron chi connectivity index (χ0n) is 8.73. The van der Waals surface area contributed by atoms with Crippen molar-refractivity contribution in [2.24, 2.45) is 5.73 Å². The van der Waals surface area contributed by atoms with Crippen molar-refractivity contribution in [2.45, 2.75) is 31.8 Å². The average Bonchev–Trinajstić information content (AvgIpc) is 2.83. The van der Waals surface area contributed by atoms with Crippen LogP contribution < -0.4 is 5.73 Å². The molecule has 0 aromatic heterocycles. The molecule has 1 aliphatic rings. The first-order chi connectivity index (χ1) is 6.50. The molecule has 2 atom stereocenters. The van der Waals surface area contributed by atoms with E-state index in [0.717, 1.165) is 12.8 Å². The number of hydrogen-bond donors (Lipinski definition) is 1. The first-order valence-electron chi connectivity index (χ1n) is 4.87. The number of nitrogens with zero attached hydrogens (tertiary/aromatic N) is 1. The lowest BCUT2D eigenvalue weighted by atomic mass is 10.4. The second kappa shape index (κ2) is 4.89. The number of rotatable bonds is 5. The molecule has 4 nitrogen and oxygen atoms in total. The SMILES string of the molecule is CC(N)CS(=O)CC(=O)N(C)C1CC1. The van der Waals surface area contributed by atoms with E-state index in [2.05, 4.69) is 0 Å². The smallest absolute Gasteiger partial charge is 0.235 e. The maximum absolute atomic E-state index is 11.5. The third kappa shape index (κ3) is 3.75. The third-order valence-electron chi connectivity index (χ3n) is 2.22. The van der Waals surface area contributed by atoms with E-state index < -0.39 is 10.8 Å². The van der Waals surface area contributed by atoms with Crippen molar-refractivity contribution in [3.63, 3.8) is 0 Å². The fourth-order valence-corrected chi connectivity index (χ4v) is 2.44. The molecule has 0 saturated heterocycles. The molecular formula is C9H18N2O2S. The highest BCUT2D eigenvalue weighted by molar-refractivity contribution is 7.85. The lowest BCUT2D eigenvalue weighted by Crippen LogP contribution is -2.35. The van der Waals surface area contributed by atoms with Crippen LogP contribution in [0.3, 0.4) is 0 Å². The van der Waals surface area contributed by atoms with Gasteiger partial charge in [-0.1, -0.05) is 0 Å². The summed E-state index contributed by atoms with van der Waals surface area (Å²) in [4.78, 5) is 13.2. The maximum atomic E-state index is 11.5. The van der Waals surface area contributed by atoms with E-state index in [4.69, 9.17) is 5.73 Å². The quantitative estimate of drug-likeness (QED) is 0.689. The highest BCUT2D eigenvalue weighted by Crippen LogP contribution is 2.25. The van der Waals surface area contributed by atoms with Gasteiger partial charge >= 0.3 is 0 Å². The lowest BCUT2D eigenvalue weighted by molar-refractivity contribution is -0.127. The highest BCUT2D eigenvalue weighted by atomic mass is 32.2. The molecule has 0 radical (unpaired) electrons. The van der Waals surface area contributed by atoms with Crippen molar-refractivity contribution >= 4 is 16.7 Å². The summed E-state index contributed by atoms with van der Waals surface area (Å²) in [5.74, 6) is 0.505. The first-order valence-corrected chi connectivity index (χ1v) is 6.35. The lowest BCUT2D eigenvalue weighted by Gasteiger charge is -2.16. The van der Waals surface area contributed by atoms with E-state index in [1.165, 1.54) is 0 Å². The van der Waals surface area contributed by atoms with Crippen LogP contribution >= 0.6 is 0 Å². The Kier molecular flexibility index (Phi) is 4.07. The highest BCUT2D eigenvalue weighted by Gasteiger charge is 2.29. The summed E-state index contributed by atoms with van der Waals surface area (Å²) in [6, 6.07) is 0.296. The standard InChI is InChI=1S/C9H18N2O2S/c1-7(10)5-14(13)6-9(12)11(2)8-3-4-8/h7-8H,3-6,10H2,1-2H3. The zero-order valence-corrected chi connectivity index (χ0v) is 9.55. The van der Waals surface area contributed by atoms with Gasteiger partial charge in [-0.3, -0.25) is 9.00 Å². The van der Waals surface area contributed by atoms with E-state index in [9.17, 15) is 9.00 Å². The van der Waals surface area contributed by atoms with Crippen LogP contribution in [0.1, 0.15) is 19.8 Å². The van der Waals surface area contributed by atoms with Crippen molar-refractivity contribution in [3.8, 4) is 0 Å². The number of nitrogens with two attached hydrogens (primary N) is 1. The Morgan fingerprint density at radius 2 is 2.21 bits per heavy atom. The van der Waals surface area contributed by atoms with Crippen LogP contribution in [0.25, 0.3) is 0 Å². The molecule has 0 bridgehead atoms. The van der Waals surface area contributed by atoms with Crippen LogP contribution in [0, 0.1) is 0 Å². The second-order valence-corrected chi connectivity index (χ2v) is 5.47. The Hall–Kier alpha value is -0.420. The summed E-state index contributed by atoms with van der Waals surface area (Å²) in [5.41, 5.74) is 5.50. The van der Waals surface area contributed by atoms with Gasteiger partial charge in [-0.05, 0) is 19.8 Å². The molecule has 0 aliphatic heterocycles. The largest absolute Gasteiger partial charge is 0.342 e. The van der Waals surface area contributed by atoms with E-state index in [1.807, 2.05) is 0 Å². The van der Waals surface area contributed by atoms with Crippen molar-refractivity contribution in [2.75, 3.05) is 18.6 Å². The van der Waals surface area contributed by atoms with Gasteiger partial charge in [0.05, 0.1) is 0 Å². The summed E-state index contributed by atoms with van der Waals surface area (Å²) in [6.45, 7) is 1.80. The molecule has 0 aromatic carbocycles. The van der Waals surface area contributed by atoms with E-state index >= 15 is 0 Å². The van der Waals surface area contributed by atoms with Gasteiger partial charge in [0, 0.05) is 35.7 Å². The van der Waals surface area contributed by atoms with E-state index in [-0.39, 0.29) is 17.7 Å². The molecule has 0 heterocycles. The molecule has 1 amide bonds. The van der Waals surface area contributed by atoms with Crippen LogP contribution in [-0.2, 0) is 15.6 Å². The summed E-state index contributed by atoms with van der Waals surface area (Å²) in [6.07, 6.45) is 2.17. The molecule has 1 aliphatic carbocycles. The predicted molar refractivity (Wildman–Crippen MR) is 57.3 cm³/mol. The maximum Gasteiger partial charge on any atom is 0.235 e. The summed E-state index contributed by atoms with van der Waals surface area (Å²) in [7, 11) is 0.675. The van der Waals surface area contributed by atoms with Gasteiger partial charge in [0.1, 0.15) is 5.75 Å². The normalized spacial score (nSPS) is 20.2. The fourth-order valence-electron chi connectivity index (χ4n) is 1.26. The van der Waals surface area contributed by atoms with E-state index in [1.54, 1.807) is 18.9 Å². The van der Waals surface area contributed by atoms with Crippen molar-refractivity contribution in [1.82, 2.24) is 4.90 Å². The molecule has 0 aromatic rings. The van der Waals surface area contributed by atoms with Gasteiger partial charge in [0.2, 0.25) is 5.91 Å². The number of carbonyl (C=O) groups is 1. The van der Waals surface area contributed by atoms with Crippen molar-refractivity contribution in [3.05, 3.63) is 0 Å². The monoisotopic (exact) mass is 218 g/mol. The molecule has 2 unspecified atom stereocenters. The van der Waals surface area contributed by atoms with Gasteiger partial charge < -0.3 is 10.6 Å². The summed E-state index contributed by atoms with van der Waals surface area (Å²) in [5, 5.41) is 0. The van der Waals surface area contributed by atoms with E-state index in [0.29, 0.717) is 11.8 Å². The molecular weight excluding hydrogens is 200 g/mol. The Morgan fingerprint density at radius 3 is 2.64 bits per heavy atom. The Bertz CT molecular complexity index is 239. The minimum absolute atomic E-state index is 0.0218. The second-order valence-electron chi connectivity index (χ2n) is 3.96. The Morgan fingerprint density at radius 1 is 1.64 bits per heavy atom. The minimum Gasteiger partial charge on any atom is -0.342 e. The van der Waals surface area contributed by atoms with Gasteiger partial charge in [-0.25, -0.2) is 0 Å². The number of hydrogen-bond acceptors (Lipinski definition) is 3. The van der Waals surface area contributed by atoms with Crippen LogP contribution in [0.15, 0.2) is 0 Å². The van der Waals surface area contributed by atoms with Crippen LogP contribution in [0.4, 0.5) is 0 Å². The van der Waals surface area contributed by atoms with Crippen LogP contribution in [-0.4, -0.2) is 45.7 Å². The number of carbonyl (C=O) groups excluding carboxylic acids is 1.